The molecule has 0 aromatic heterocycles. The van der Waals surface area contributed by atoms with Gasteiger partial charge in [0.1, 0.15) is 18.5 Å². The molecule has 3 rings (SSSR count). The van der Waals surface area contributed by atoms with Crippen LogP contribution in [-0.4, -0.2) is 41.8 Å². The van der Waals surface area contributed by atoms with Gasteiger partial charge < -0.3 is 9.84 Å². The highest BCUT2D eigenvalue weighted by Crippen LogP contribution is 2.37. The first kappa shape index (κ1) is 15.3. The van der Waals surface area contributed by atoms with Crippen LogP contribution in [0.5, 0.6) is 5.75 Å². The standard InChI is InChI=1S/C18H24N2O2/c19-11-14-6-8-17(9-7-14)22-13-16(21)12-20-10-2-5-18(20)15-3-1-4-15/h6-9,15-16,18,21H,1-5,10,12-13H2. The molecule has 1 saturated carbocycles. The largest absolute Gasteiger partial charge is 0.491 e. The predicted octanol–water partition coefficient (Wildman–Crippen LogP) is 2.56. The minimum Gasteiger partial charge on any atom is -0.491 e. The predicted molar refractivity (Wildman–Crippen MR) is 84.6 cm³/mol. The molecule has 0 radical (unpaired) electrons. The van der Waals surface area contributed by atoms with Gasteiger partial charge in [0, 0.05) is 12.6 Å². The molecule has 1 N–H and O–H groups in total. The van der Waals surface area contributed by atoms with E-state index in [0.29, 0.717) is 30.5 Å². The SMILES string of the molecule is N#Cc1ccc(OCC(O)CN2CCCC2C2CCC2)cc1. The second kappa shape index (κ2) is 7.13. The molecule has 2 fully saturated rings. The van der Waals surface area contributed by atoms with Crippen LogP contribution in [0.15, 0.2) is 24.3 Å². The van der Waals surface area contributed by atoms with Gasteiger partial charge in [-0.3, -0.25) is 4.90 Å². The van der Waals surface area contributed by atoms with Gasteiger partial charge in [0.15, 0.2) is 0 Å². The van der Waals surface area contributed by atoms with Crippen LogP contribution >= 0.6 is 0 Å². The Balaban J connectivity index is 1.45. The molecule has 1 aliphatic heterocycles. The molecule has 2 aliphatic rings. The first-order chi connectivity index (χ1) is 10.8. The van der Waals surface area contributed by atoms with Crippen molar-refractivity contribution >= 4 is 0 Å². The number of hydrogen-bond acceptors (Lipinski definition) is 4. The Bertz CT molecular complexity index is 519. The van der Waals surface area contributed by atoms with Gasteiger partial charge in [0.05, 0.1) is 11.6 Å². The molecule has 4 nitrogen and oxygen atoms in total. The lowest BCUT2D eigenvalue weighted by Gasteiger charge is -2.37. The Kier molecular flexibility index (Phi) is 4.97. The summed E-state index contributed by atoms with van der Waals surface area (Å²) in [5.74, 6) is 1.56. The molecule has 1 aromatic carbocycles. The topological polar surface area (TPSA) is 56.5 Å². The highest BCUT2D eigenvalue weighted by Gasteiger charge is 2.35. The maximum absolute atomic E-state index is 10.2. The number of β-amino-alcohol motifs (C(OH)–C–C–N with tert-alkyl or cyclic N) is 1. The highest BCUT2D eigenvalue weighted by atomic mass is 16.5. The van der Waals surface area contributed by atoms with Gasteiger partial charge in [0.25, 0.3) is 0 Å². The van der Waals surface area contributed by atoms with E-state index in [2.05, 4.69) is 11.0 Å². The summed E-state index contributed by atoms with van der Waals surface area (Å²) in [6.45, 7) is 2.12. The van der Waals surface area contributed by atoms with E-state index in [1.165, 1.54) is 32.1 Å². The fourth-order valence-corrected chi connectivity index (χ4v) is 3.58. The Hall–Kier alpha value is -1.57. The Morgan fingerprint density at radius 3 is 2.64 bits per heavy atom. The summed E-state index contributed by atoms with van der Waals surface area (Å²) in [5, 5.41) is 19.0. The van der Waals surface area contributed by atoms with E-state index in [1.54, 1.807) is 24.3 Å². The molecule has 2 atom stereocenters. The lowest BCUT2D eigenvalue weighted by Crippen LogP contribution is -2.43. The average Bonchev–Trinajstić information content (AvgIpc) is 2.92. The smallest absolute Gasteiger partial charge is 0.119 e. The van der Waals surface area contributed by atoms with E-state index >= 15 is 0 Å². The number of aliphatic hydroxyl groups is 1. The third-order valence-electron chi connectivity index (χ3n) is 4.98. The minimum absolute atomic E-state index is 0.305. The maximum atomic E-state index is 10.2. The van der Waals surface area contributed by atoms with E-state index in [9.17, 15) is 5.11 Å². The molecule has 1 heterocycles. The van der Waals surface area contributed by atoms with Crippen molar-refractivity contribution in [3.8, 4) is 11.8 Å². The number of hydrogen-bond donors (Lipinski definition) is 1. The van der Waals surface area contributed by atoms with Crippen LogP contribution in [0.2, 0.25) is 0 Å². The molecule has 1 aliphatic carbocycles. The van der Waals surface area contributed by atoms with Crippen molar-refractivity contribution in [1.29, 1.82) is 5.26 Å². The van der Waals surface area contributed by atoms with Crippen molar-refractivity contribution in [3.63, 3.8) is 0 Å². The zero-order chi connectivity index (χ0) is 15.4. The number of benzene rings is 1. The molecule has 118 valence electrons. The van der Waals surface area contributed by atoms with Crippen LogP contribution in [0.1, 0.15) is 37.7 Å². The zero-order valence-electron chi connectivity index (χ0n) is 12.9. The Morgan fingerprint density at radius 2 is 2.00 bits per heavy atom. The first-order valence-electron chi connectivity index (χ1n) is 8.31. The Morgan fingerprint density at radius 1 is 1.23 bits per heavy atom. The van der Waals surface area contributed by atoms with Gasteiger partial charge in [-0.25, -0.2) is 0 Å². The van der Waals surface area contributed by atoms with Crippen LogP contribution in [0, 0.1) is 17.2 Å². The van der Waals surface area contributed by atoms with Crippen molar-refractivity contribution in [2.45, 2.75) is 44.2 Å². The third kappa shape index (κ3) is 3.60. The van der Waals surface area contributed by atoms with Crippen LogP contribution in [0.3, 0.4) is 0 Å². The van der Waals surface area contributed by atoms with Crippen LogP contribution in [0.4, 0.5) is 0 Å². The number of nitrogens with zero attached hydrogens (tertiary/aromatic N) is 2. The number of rotatable bonds is 6. The maximum Gasteiger partial charge on any atom is 0.119 e. The molecular formula is C18H24N2O2. The summed E-state index contributed by atoms with van der Waals surface area (Å²) in [6.07, 6.45) is 6.17. The average molecular weight is 300 g/mol. The minimum atomic E-state index is -0.462. The monoisotopic (exact) mass is 300 g/mol. The molecule has 0 bridgehead atoms. The molecular weight excluding hydrogens is 276 g/mol. The molecule has 1 aromatic rings. The van der Waals surface area contributed by atoms with E-state index in [4.69, 9.17) is 10.00 Å². The van der Waals surface area contributed by atoms with Crippen molar-refractivity contribution < 1.29 is 9.84 Å². The summed E-state index contributed by atoms with van der Waals surface area (Å²) in [6, 6.07) is 9.78. The van der Waals surface area contributed by atoms with E-state index in [1.807, 2.05) is 0 Å². The van der Waals surface area contributed by atoms with Crippen molar-refractivity contribution in [2.24, 2.45) is 5.92 Å². The van der Waals surface area contributed by atoms with Gasteiger partial charge in [-0.15, -0.1) is 0 Å². The molecule has 1 saturated heterocycles. The van der Waals surface area contributed by atoms with Crippen molar-refractivity contribution in [3.05, 3.63) is 29.8 Å². The van der Waals surface area contributed by atoms with Crippen LogP contribution < -0.4 is 4.74 Å². The summed E-state index contributed by atoms with van der Waals surface area (Å²) in [5.41, 5.74) is 0.619. The number of nitriles is 1. The molecule has 0 spiro atoms. The fourth-order valence-electron chi connectivity index (χ4n) is 3.58. The highest BCUT2D eigenvalue weighted by molar-refractivity contribution is 5.34. The summed E-state index contributed by atoms with van der Waals surface area (Å²) < 4.78 is 5.63. The van der Waals surface area contributed by atoms with Gasteiger partial charge in [-0.1, -0.05) is 6.42 Å². The quantitative estimate of drug-likeness (QED) is 0.877. The lowest BCUT2D eigenvalue weighted by atomic mass is 9.79. The van der Waals surface area contributed by atoms with E-state index in [0.717, 1.165) is 12.5 Å². The van der Waals surface area contributed by atoms with Crippen LogP contribution in [0.25, 0.3) is 0 Å². The number of aliphatic hydroxyl groups excluding tert-OH is 1. The fraction of sp³-hybridized carbons (Fsp3) is 0.611. The first-order valence-corrected chi connectivity index (χ1v) is 8.31. The summed E-state index contributed by atoms with van der Waals surface area (Å²) in [7, 11) is 0. The molecule has 4 heteroatoms. The lowest BCUT2D eigenvalue weighted by molar-refractivity contribution is 0.0437. The van der Waals surface area contributed by atoms with Crippen molar-refractivity contribution in [2.75, 3.05) is 19.7 Å². The molecule has 22 heavy (non-hydrogen) atoms. The normalized spacial score (nSPS) is 23.7. The summed E-state index contributed by atoms with van der Waals surface area (Å²) >= 11 is 0. The van der Waals surface area contributed by atoms with Gasteiger partial charge in [-0.2, -0.15) is 5.26 Å². The van der Waals surface area contributed by atoms with Gasteiger partial charge in [0.2, 0.25) is 0 Å². The molecule has 2 unspecified atom stereocenters. The zero-order valence-corrected chi connectivity index (χ0v) is 12.9. The summed E-state index contributed by atoms with van der Waals surface area (Å²) in [4.78, 5) is 2.45. The van der Waals surface area contributed by atoms with E-state index < -0.39 is 6.10 Å². The number of likely N-dealkylation sites (tertiary alicyclic amines) is 1. The second-order valence-corrected chi connectivity index (χ2v) is 6.50. The Labute approximate surface area is 132 Å². The molecule has 0 amide bonds. The number of ether oxygens (including phenoxy) is 1. The van der Waals surface area contributed by atoms with Crippen LogP contribution in [-0.2, 0) is 0 Å². The van der Waals surface area contributed by atoms with E-state index in [-0.39, 0.29) is 0 Å². The van der Waals surface area contributed by atoms with Gasteiger partial charge in [-0.05, 0) is 62.4 Å². The second-order valence-electron chi connectivity index (χ2n) is 6.50. The van der Waals surface area contributed by atoms with Gasteiger partial charge >= 0.3 is 0 Å². The van der Waals surface area contributed by atoms with Crippen molar-refractivity contribution in [1.82, 2.24) is 4.90 Å². The third-order valence-corrected chi connectivity index (χ3v) is 4.98.